The molecule has 0 aromatic carbocycles. The summed E-state index contributed by atoms with van der Waals surface area (Å²) in [5, 5.41) is 21.1. The van der Waals surface area contributed by atoms with Crippen molar-refractivity contribution in [3.8, 4) is 0 Å². The number of nitrogens with zero attached hydrogens (tertiary/aromatic N) is 2. The van der Waals surface area contributed by atoms with Gasteiger partial charge in [0, 0.05) is 18.3 Å². The highest BCUT2D eigenvalue weighted by molar-refractivity contribution is 5.93. The Balaban J connectivity index is 1.45. The van der Waals surface area contributed by atoms with Crippen LogP contribution in [0.15, 0.2) is 18.3 Å². The van der Waals surface area contributed by atoms with E-state index in [1.54, 1.807) is 6.20 Å². The molecule has 3 aliphatic carbocycles. The monoisotopic (exact) mass is 440 g/mol. The van der Waals surface area contributed by atoms with Crippen molar-refractivity contribution in [2.45, 2.75) is 96.3 Å². The third kappa shape index (κ3) is 3.34. The van der Waals surface area contributed by atoms with Crippen LogP contribution in [0.1, 0.15) is 87.7 Å². The molecule has 5 heteroatoms. The molecule has 0 spiro atoms. The zero-order chi connectivity index (χ0) is 22.7. The Labute approximate surface area is 192 Å². The topological polar surface area (TPSA) is 73.7 Å². The summed E-state index contributed by atoms with van der Waals surface area (Å²) in [6.07, 6.45) is 10.0. The van der Waals surface area contributed by atoms with Crippen LogP contribution in [-0.2, 0) is 0 Å². The minimum Gasteiger partial charge on any atom is -0.390 e. The van der Waals surface area contributed by atoms with Crippen molar-refractivity contribution in [1.82, 2.24) is 9.88 Å². The normalized spacial score (nSPS) is 44.1. The van der Waals surface area contributed by atoms with Gasteiger partial charge in [-0.1, -0.05) is 19.4 Å². The maximum absolute atomic E-state index is 13.7. The first-order valence-electron chi connectivity index (χ1n) is 12.9. The molecule has 1 amide bonds. The number of amides is 1. The number of aryl methyl sites for hydroxylation is 1. The lowest BCUT2D eigenvalue weighted by Gasteiger charge is -2.63. The number of carbonyl (C=O) groups excluding carboxylic acids is 1. The molecule has 1 saturated heterocycles. The standard InChI is InChI=1S/C27H40N2O3/c1-17-7-10-22(28-16-17)25(32)29-15-5-4-6-20-18-8-9-21-24(31)23(30)12-13-26(21,2)19(18)11-14-27(20,29)3/h7,10,16,18-21,23-24,30-31H,4-6,8-9,11-15H2,1-3H3/t18-,19?,20?,21?,23?,24-,26-,27+/m1/s1. The number of fused-ring (bicyclic) bond motifs is 5. The van der Waals surface area contributed by atoms with Gasteiger partial charge in [0.25, 0.3) is 5.91 Å². The Morgan fingerprint density at radius 3 is 2.56 bits per heavy atom. The van der Waals surface area contributed by atoms with Crippen LogP contribution in [0.3, 0.4) is 0 Å². The van der Waals surface area contributed by atoms with E-state index in [-0.39, 0.29) is 22.8 Å². The van der Waals surface area contributed by atoms with Crippen LogP contribution in [-0.4, -0.2) is 50.3 Å². The third-order valence-electron chi connectivity index (χ3n) is 10.2. The van der Waals surface area contributed by atoms with E-state index >= 15 is 0 Å². The quantitative estimate of drug-likeness (QED) is 0.681. The Bertz CT molecular complexity index is 857. The van der Waals surface area contributed by atoms with E-state index in [0.717, 1.165) is 50.6 Å². The van der Waals surface area contributed by atoms with Crippen molar-refractivity contribution in [2.24, 2.45) is 29.1 Å². The fraction of sp³-hybridized carbons (Fsp3) is 0.778. The molecule has 1 aromatic heterocycles. The van der Waals surface area contributed by atoms with Gasteiger partial charge in [-0.2, -0.15) is 0 Å². The molecule has 0 bridgehead atoms. The van der Waals surface area contributed by atoms with Crippen LogP contribution in [0.4, 0.5) is 0 Å². The molecule has 4 aliphatic rings. The predicted octanol–water partition coefficient (Wildman–Crippen LogP) is 4.35. The van der Waals surface area contributed by atoms with Gasteiger partial charge in [-0.25, -0.2) is 0 Å². The van der Waals surface area contributed by atoms with Crippen LogP contribution < -0.4 is 0 Å². The molecule has 1 aliphatic heterocycles. The van der Waals surface area contributed by atoms with Crippen molar-refractivity contribution in [1.29, 1.82) is 0 Å². The third-order valence-corrected chi connectivity index (χ3v) is 10.2. The maximum Gasteiger partial charge on any atom is 0.272 e. The second-order valence-electron chi connectivity index (χ2n) is 11.7. The lowest BCUT2D eigenvalue weighted by Crippen LogP contribution is -2.63. The summed E-state index contributed by atoms with van der Waals surface area (Å²) in [4.78, 5) is 20.3. The average Bonchev–Trinajstić information content (AvgIpc) is 2.95. The van der Waals surface area contributed by atoms with Crippen LogP contribution in [0.5, 0.6) is 0 Å². The lowest BCUT2D eigenvalue weighted by molar-refractivity contribution is -0.174. The van der Waals surface area contributed by atoms with Gasteiger partial charge in [0.15, 0.2) is 0 Å². The molecule has 4 unspecified atom stereocenters. The smallest absolute Gasteiger partial charge is 0.272 e. The number of hydrogen-bond acceptors (Lipinski definition) is 4. The molecule has 5 rings (SSSR count). The average molecular weight is 441 g/mol. The van der Waals surface area contributed by atoms with Crippen LogP contribution in [0, 0.1) is 36.0 Å². The molecule has 4 fully saturated rings. The Kier molecular flexibility index (Phi) is 5.65. The van der Waals surface area contributed by atoms with Gasteiger partial charge in [-0.15, -0.1) is 0 Å². The summed E-state index contributed by atoms with van der Waals surface area (Å²) in [6, 6.07) is 3.87. The second kappa shape index (κ2) is 8.09. The van der Waals surface area contributed by atoms with Crippen LogP contribution in [0.25, 0.3) is 0 Å². The van der Waals surface area contributed by atoms with E-state index in [4.69, 9.17) is 0 Å². The number of hydrogen-bond donors (Lipinski definition) is 2. The number of aromatic nitrogens is 1. The molecule has 3 saturated carbocycles. The molecular weight excluding hydrogens is 400 g/mol. The first-order chi connectivity index (χ1) is 15.3. The Morgan fingerprint density at radius 2 is 1.81 bits per heavy atom. The van der Waals surface area contributed by atoms with Gasteiger partial charge in [0.05, 0.1) is 12.2 Å². The first-order valence-corrected chi connectivity index (χ1v) is 12.9. The minimum absolute atomic E-state index is 0.0916. The number of aliphatic hydroxyl groups is 2. The maximum atomic E-state index is 13.7. The number of pyridine rings is 1. The molecule has 8 atom stereocenters. The molecule has 1 aromatic rings. The summed E-state index contributed by atoms with van der Waals surface area (Å²) < 4.78 is 0. The van der Waals surface area contributed by atoms with Gasteiger partial charge in [-0.3, -0.25) is 9.78 Å². The molecular formula is C27H40N2O3. The van der Waals surface area contributed by atoms with E-state index in [0.29, 0.717) is 29.9 Å². The van der Waals surface area contributed by atoms with Crippen molar-refractivity contribution in [2.75, 3.05) is 6.54 Å². The van der Waals surface area contributed by atoms with Crippen molar-refractivity contribution < 1.29 is 15.0 Å². The zero-order valence-electron chi connectivity index (χ0n) is 20.0. The van der Waals surface area contributed by atoms with E-state index in [9.17, 15) is 15.0 Å². The largest absolute Gasteiger partial charge is 0.390 e. The minimum atomic E-state index is -0.581. The Hall–Kier alpha value is -1.46. The van der Waals surface area contributed by atoms with Crippen molar-refractivity contribution >= 4 is 5.91 Å². The van der Waals surface area contributed by atoms with Gasteiger partial charge < -0.3 is 15.1 Å². The van der Waals surface area contributed by atoms with E-state index in [1.807, 2.05) is 19.1 Å². The highest BCUT2D eigenvalue weighted by atomic mass is 16.3. The van der Waals surface area contributed by atoms with Gasteiger partial charge in [0.2, 0.25) is 0 Å². The molecule has 2 heterocycles. The van der Waals surface area contributed by atoms with Crippen LogP contribution in [0.2, 0.25) is 0 Å². The highest BCUT2D eigenvalue weighted by Gasteiger charge is 2.60. The summed E-state index contributed by atoms with van der Waals surface area (Å²) in [6.45, 7) is 7.56. The highest BCUT2D eigenvalue weighted by Crippen LogP contribution is 2.63. The number of rotatable bonds is 1. The molecule has 0 radical (unpaired) electrons. The molecule has 32 heavy (non-hydrogen) atoms. The summed E-state index contributed by atoms with van der Waals surface area (Å²) in [5.74, 6) is 1.97. The molecule has 5 nitrogen and oxygen atoms in total. The van der Waals surface area contributed by atoms with Gasteiger partial charge in [-0.05, 0) is 106 Å². The summed E-state index contributed by atoms with van der Waals surface area (Å²) in [7, 11) is 0. The van der Waals surface area contributed by atoms with E-state index in [2.05, 4.69) is 23.7 Å². The van der Waals surface area contributed by atoms with E-state index < -0.39 is 12.2 Å². The van der Waals surface area contributed by atoms with Gasteiger partial charge >= 0.3 is 0 Å². The zero-order valence-corrected chi connectivity index (χ0v) is 20.0. The molecule has 2 N–H and O–H groups in total. The van der Waals surface area contributed by atoms with Crippen molar-refractivity contribution in [3.63, 3.8) is 0 Å². The summed E-state index contributed by atoms with van der Waals surface area (Å²) >= 11 is 0. The van der Waals surface area contributed by atoms with Crippen LogP contribution >= 0.6 is 0 Å². The second-order valence-corrected chi connectivity index (χ2v) is 11.7. The number of likely N-dealkylation sites (tertiary alicyclic amines) is 1. The summed E-state index contributed by atoms with van der Waals surface area (Å²) in [5.41, 5.74) is 1.62. The van der Waals surface area contributed by atoms with Gasteiger partial charge in [0.1, 0.15) is 5.69 Å². The number of carbonyl (C=O) groups is 1. The number of aliphatic hydroxyl groups excluding tert-OH is 2. The van der Waals surface area contributed by atoms with E-state index in [1.165, 1.54) is 12.8 Å². The predicted molar refractivity (Wildman–Crippen MR) is 124 cm³/mol. The van der Waals surface area contributed by atoms with Crippen molar-refractivity contribution in [3.05, 3.63) is 29.6 Å². The lowest BCUT2D eigenvalue weighted by atomic mass is 9.45. The Morgan fingerprint density at radius 1 is 1.00 bits per heavy atom. The first kappa shape index (κ1) is 22.3. The fourth-order valence-corrected chi connectivity index (χ4v) is 8.43. The fourth-order valence-electron chi connectivity index (χ4n) is 8.43. The molecule has 176 valence electrons. The SMILES string of the molecule is Cc1ccc(C(=O)N2CCCCC3[C@@H]4CCC5[C@@H](O)C(O)CC[C@]5(C)C4CC[C@@]32C)nc1.